The zero-order valence-corrected chi connectivity index (χ0v) is 16.7. The fourth-order valence-electron chi connectivity index (χ4n) is 2.97. The number of hydrogen-bond acceptors (Lipinski definition) is 5. The smallest absolute Gasteiger partial charge is 0.325 e. The van der Waals surface area contributed by atoms with E-state index in [1.54, 1.807) is 0 Å². The number of urea groups is 1. The Morgan fingerprint density at radius 2 is 1.73 bits per heavy atom. The van der Waals surface area contributed by atoms with Crippen LogP contribution in [0.5, 0.6) is 0 Å². The molecule has 0 aliphatic carbocycles. The van der Waals surface area contributed by atoms with Crippen LogP contribution < -0.4 is 10.6 Å². The minimum absolute atomic E-state index is 0.0269. The van der Waals surface area contributed by atoms with Gasteiger partial charge >= 0.3 is 6.03 Å². The van der Waals surface area contributed by atoms with Gasteiger partial charge in [-0.2, -0.15) is 0 Å². The molecule has 0 radical (unpaired) electrons. The van der Waals surface area contributed by atoms with Crippen LogP contribution in [-0.4, -0.2) is 44.0 Å². The topological polar surface area (TPSA) is 113 Å². The zero-order valence-electron chi connectivity index (χ0n) is 15.9. The molecule has 1 atom stereocenters. The van der Waals surface area contributed by atoms with Gasteiger partial charge in [-0.3, -0.25) is 14.5 Å². The molecule has 0 bridgehead atoms. The molecule has 0 unspecified atom stereocenters. The number of nitrogens with zero attached hydrogens (tertiary/aromatic N) is 1. The van der Waals surface area contributed by atoms with Crippen LogP contribution in [0.1, 0.15) is 12.5 Å². The normalized spacial score (nSPS) is 19.0. The third kappa shape index (κ3) is 4.01. The van der Waals surface area contributed by atoms with E-state index in [4.69, 9.17) is 0 Å². The number of rotatable bonds is 5. The molecule has 8 nitrogen and oxygen atoms in total. The summed E-state index contributed by atoms with van der Waals surface area (Å²) in [5.41, 5.74) is -1.37. The largest absolute Gasteiger partial charge is 0.325 e. The average molecular weight is 437 g/mol. The van der Waals surface area contributed by atoms with Crippen LogP contribution >= 0.6 is 0 Å². The number of sulfone groups is 1. The minimum Gasteiger partial charge on any atom is -0.325 e. The van der Waals surface area contributed by atoms with Crippen molar-refractivity contribution in [2.45, 2.75) is 17.4 Å². The summed E-state index contributed by atoms with van der Waals surface area (Å²) in [7, 11) is -3.40. The quantitative estimate of drug-likeness (QED) is 0.693. The molecule has 30 heavy (non-hydrogen) atoms. The highest BCUT2D eigenvalue weighted by atomic mass is 32.2. The summed E-state index contributed by atoms with van der Waals surface area (Å²) in [6.45, 7) is 0.694. The Kier molecular flexibility index (Phi) is 5.33. The molecule has 1 aliphatic heterocycles. The lowest BCUT2D eigenvalue weighted by Crippen LogP contribution is -2.42. The van der Waals surface area contributed by atoms with E-state index in [1.165, 1.54) is 37.3 Å². The Balaban J connectivity index is 1.73. The van der Waals surface area contributed by atoms with Crippen LogP contribution in [0.15, 0.2) is 47.4 Å². The van der Waals surface area contributed by atoms with Gasteiger partial charge in [-0.15, -0.1) is 0 Å². The Hall–Kier alpha value is -3.34. The van der Waals surface area contributed by atoms with Crippen molar-refractivity contribution in [1.82, 2.24) is 10.2 Å². The van der Waals surface area contributed by atoms with E-state index in [0.717, 1.165) is 18.4 Å². The Labute approximate surface area is 170 Å². The summed E-state index contributed by atoms with van der Waals surface area (Å²) < 4.78 is 49.7. The lowest BCUT2D eigenvalue weighted by molar-refractivity contribution is -0.133. The summed E-state index contributed by atoms with van der Waals surface area (Å²) in [6.07, 6.45) is 1.04. The van der Waals surface area contributed by atoms with Crippen LogP contribution in [0.2, 0.25) is 0 Å². The van der Waals surface area contributed by atoms with Crippen LogP contribution in [0.4, 0.5) is 19.3 Å². The van der Waals surface area contributed by atoms with E-state index in [9.17, 15) is 31.6 Å². The van der Waals surface area contributed by atoms with E-state index >= 15 is 0 Å². The van der Waals surface area contributed by atoms with Crippen molar-refractivity contribution in [2.24, 2.45) is 0 Å². The number of carbonyl (C=O) groups excluding carboxylic acids is 3. The summed E-state index contributed by atoms with van der Waals surface area (Å²) in [4.78, 5) is 38.0. The maximum atomic E-state index is 13.6. The number of amides is 4. The molecule has 2 N–H and O–H groups in total. The number of halogens is 2. The molecule has 2 aromatic rings. The Bertz CT molecular complexity index is 1150. The van der Waals surface area contributed by atoms with Gasteiger partial charge in [0, 0.05) is 11.9 Å². The Morgan fingerprint density at radius 1 is 1.10 bits per heavy atom. The molecule has 1 saturated heterocycles. The van der Waals surface area contributed by atoms with Crippen molar-refractivity contribution in [3.05, 3.63) is 59.7 Å². The molecule has 1 heterocycles. The lowest BCUT2D eigenvalue weighted by Gasteiger charge is -2.22. The van der Waals surface area contributed by atoms with Gasteiger partial charge in [0.15, 0.2) is 21.5 Å². The van der Waals surface area contributed by atoms with Gasteiger partial charge in [-0.05, 0) is 48.9 Å². The SMILES string of the molecule is C[C@]1(c2ccc(F)c(F)c2)NC(=O)N(CC(=O)Nc2ccc(S(C)(=O)=O)cc2)C1=O. The van der Waals surface area contributed by atoms with Gasteiger partial charge in [0.25, 0.3) is 5.91 Å². The molecule has 11 heteroatoms. The molecule has 1 fully saturated rings. The fourth-order valence-corrected chi connectivity index (χ4v) is 3.60. The van der Waals surface area contributed by atoms with Crippen molar-refractivity contribution in [1.29, 1.82) is 0 Å². The highest BCUT2D eigenvalue weighted by Gasteiger charge is 2.49. The standard InChI is InChI=1S/C19H17F2N3O5S/c1-19(11-3-8-14(20)15(21)9-11)17(26)24(18(27)23-19)10-16(25)22-12-4-6-13(7-5-12)30(2,28)29/h3-9H,10H2,1-2H3,(H,22,25)(H,23,27)/t19-/m1/s1. The summed E-state index contributed by atoms with van der Waals surface area (Å²) in [6, 6.07) is 7.29. The van der Waals surface area contributed by atoms with Crippen LogP contribution in [0.3, 0.4) is 0 Å². The predicted octanol–water partition coefficient (Wildman–Crippen LogP) is 1.77. The number of imide groups is 1. The van der Waals surface area contributed by atoms with Gasteiger partial charge in [0.05, 0.1) is 4.90 Å². The van der Waals surface area contributed by atoms with Crippen molar-refractivity contribution in [3.8, 4) is 0 Å². The third-order valence-electron chi connectivity index (χ3n) is 4.64. The first-order chi connectivity index (χ1) is 13.9. The molecule has 0 aromatic heterocycles. The molecular weight excluding hydrogens is 420 g/mol. The maximum absolute atomic E-state index is 13.6. The lowest BCUT2D eigenvalue weighted by atomic mass is 9.92. The number of carbonyl (C=O) groups is 3. The monoisotopic (exact) mass is 437 g/mol. The van der Waals surface area contributed by atoms with Gasteiger partial charge < -0.3 is 10.6 Å². The summed E-state index contributed by atoms with van der Waals surface area (Å²) >= 11 is 0. The molecule has 0 saturated carbocycles. The first-order valence-corrected chi connectivity index (χ1v) is 10.5. The molecule has 3 rings (SSSR count). The number of nitrogens with one attached hydrogen (secondary N) is 2. The van der Waals surface area contributed by atoms with Crippen molar-refractivity contribution >= 4 is 33.4 Å². The van der Waals surface area contributed by atoms with Gasteiger partial charge in [-0.25, -0.2) is 22.0 Å². The highest BCUT2D eigenvalue weighted by molar-refractivity contribution is 7.90. The van der Waals surface area contributed by atoms with E-state index in [-0.39, 0.29) is 16.1 Å². The van der Waals surface area contributed by atoms with E-state index in [2.05, 4.69) is 10.6 Å². The van der Waals surface area contributed by atoms with Crippen LogP contribution in [0.25, 0.3) is 0 Å². The number of anilines is 1. The maximum Gasteiger partial charge on any atom is 0.325 e. The van der Waals surface area contributed by atoms with Crippen molar-refractivity contribution < 1.29 is 31.6 Å². The second-order valence-corrected chi connectivity index (χ2v) is 8.94. The first kappa shape index (κ1) is 21.4. The third-order valence-corrected chi connectivity index (χ3v) is 5.77. The summed E-state index contributed by atoms with van der Waals surface area (Å²) in [5, 5.41) is 4.84. The number of benzene rings is 2. The van der Waals surface area contributed by atoms with E-state index in [0.29, 0.717) is 4.90 Å². The highest BCUT2D eigenvalue weighted by Crippen LogP contribution is 2.29. The van der Waals surface area contributed by atoms with E-state index < -0.39 is 51.4 Å². The summed E-state index contributed by atoms with van der Waals surface area (Å²) in [5.74, 6) is -3.79. The molecule has 0 spiro atoms. The van der Waals surface area contributed by atoms with Gasteiger partial charge in [0.2, 0.25) is 5.91 Å². The van der Waals surface area contributed by atoms with Crippen molar-refractivity contribution in [2.75, 3.05) is 18.1 Å². The zero-order chi connectivity index (χ0) is 22.3. The average Bonchev–Trinajstić information content (AvgIpc) is 2.87. The van der Waals surface area contributed by atoms with Gasteiger partial charge in [-0.1, -0.05) is 6.07 Å². The second-order valence-electron chi connectivity index (χ2n) is 6.92. The molecule has 158 valence electrons. The molecule has 2 aromatic carbocycles. The number of hydrogen-bond donors (Lipinski definition) is 2. The molecular formula is C19H17F2N3O5S. The molecule has 1 aliphatic rings. The first-order valence-electron chi connectivity index (χ1n) is 8.61. The Morgan fingerprint density at radius 3 is 2.30 bits per heavy atom. The predicted molar refractivity (Wildman–Crippen MR) is 102 cm³/mol. The van der Waals surface area contributed by atoms with Gasteiger partial charge in [0.1, 0.15) is 12.1 Å². The minimum atomic E-state index is -3.40. The van der Waals surface area contributed by atoms with Crippen LogP contribution in [0, 0.1) is 11.6 Å². The fraction of sp³-hybridized carbons (Fsp3) is 0.211. The van der Waals surface area contributed by atoms with E-state index in [1.807, 2.05) is 0 Å². The van der Waals surface area contributed by atoms with Crippen LogP contribution in [-0.2, 0) is 25.0 Å². The second kappa shape index (κ2) is 7.48. The molecule has 4 amide bonds. The van der Waals surface area contributed by atoms with Crippen molar-refractivity contribution in [3.63, 3.8) is 0 Å².